The average Bonchev–Trinajstić information content (AvgIpc) is 2.80. The van der Waals surface area contributed by atoms with Crippen molar-refractivity contribution in [2.75, 3.05) is 13.7 Å². The second-order valence-electron chi connectivity index (χ2n) is 6.11. The lowest BCUT2D eigenvalue weighted by Crippen LogP contribution is -2.57. The Hall–Kier alpha value is -1.74. The molecule has 3 nitrogen and oxygen atoms in total. The molecule has 0 saturated carbocycles. The SMILES string of the molecule is COc1ccc2c3c1O[C@H]1C=CC=C4[C@H](C2)NCC[C@]431. The van der Waals surface area contributed by atoms with Crippen LogP contribution in [0.1, 0.15) is 17.5 Å². The molecule has 1 fully saturated rings. The molecule has 1 N–H and O–H groups in total. The first kappa shape index (κ1) is 11.0. The minimum Gasteiger partial charge on any atom is -0.493 e. The van der Waals surface area contributed by atoms with E-state index >= 15 is 0 Å². The molecule has 1 saturated heterocycles. The lowest BCUT2D eigenvalue weighted by atomic mass is 9.58. The zero-order valence-corrected chi connectivity index (χ0v) is 11.5. The number of hydrogen-bond acceptors (Lipinski definition) is 3. The van der Waals surface area contributed by atoms with Crippen LogP contribution in [0.3, 0.4) is 0 Å². The van der Waals surface area contributed by atoms with Gasteiger partial charge in [-0.3, -0.25) is 0 Å². The molecule has 2 bridgehead atoms. The maximum Gasteiger partial charge on any atom is 0.166 e. The van der Waals surface area contributed by atoms with E-state index in [1.807, 2.05) is 0 Å². The van der Waals surface area contributed by atoms with Crippen LogP contribution in [0.15, 0.2) is 35.9 Å². The fraction of sp³-hybridized carbons (Fsp3) is 0.412. The third-order valence-corrected chi connectivity index (χ3v) is 5.39. The summed E-state index contributed by atoms with van der Waals surface area (Å²) in [6, 6.07) is 4.74. The Kier molecular flexibility index (Phi) is 1.91. The topological polar surface area (TPSA) is 30.5 Å². The Labute approximate surface area is 118 Å². The molecule has 0 amide bonds. The van der Waals surface area contributed by atoms with Gasteiger partial charge < -0.3 is 14.8 Å². The lowest BCUT2D eigenvalue weighted by Gasteiger charge is -2.49. The number of ether oxygens (including phenoxy) is 2. The van der Waals surface area contributed by atoms with Gasteiger partial charge in [-0.25, -0.2) is 0 Å². The van der Waals surface area contributed by atoms with Gasteiger partial charge in [0.05, 0.1) is 12.5 Å². The van der Waals surface area contributed by atoms with E-state index in [4.69, 9.17) is 9.47 Å². The van der Waals surface area contributed by atoms with Gasteiger partial charge >= 0.3 is 0 Å². The van der Waals surface area contributed by atoms with Crippen molar-refractivity contribution < 1.29 is 9.47 Å². The van der Waals surface area contributed by atoms with Crippen molar-refractivity contribution in [3.05, 3.63) is 47.1 Å². The zero-order chi connectivity index (χ0) is 13.3. The van der Waals surface area contributed by atoms with Crippen LogP contribution in [-0.2, 0) is 11.8 Å². The summed E-state index contributed by atoms with van der Waals surface area (Å²) in [7, 11) is 1.72. The van der Waals surface area contributed by atoms with E-state index in [9.17, 15) is 0 Å². The molecule has 2 aliphatic heterocycles. The molecule has 1 aromatic rings. The van der Waals surface area contributed by atoms with Crippen molar-refractivity contribution in [2.24, 2.45) is 0 Å². The maximum atomic E-state index is 6.32. The van der Waals surface area contributed by atoms with Gasteiger partial charge in [-0.1, -0.05) is 18.2 Å². The summed E-state index contributed by atoms with van der Waals surface area (Å²) < 4.78 is 11.8. The normalized spacial score (nSPS) is 35.1. The van der Waals surface area contributed by atoms with Crippen LogP contribution in [0.25, 0.3) is 0 Å². The smallest absolute Gasteiger partial charge is 0.166 e. The number of rotatable bonds is 1. The Morgan fingerprint density at radius 3 is 3.25 bits per heavy atom. The van der Waals surface area contributed by atoms with Gasteiger partial charge in [0, 0.05) is 11.6 Å². The number of hydrogen-bond donors (Lipinski definition) is 1. The molecule has 2 aliphatic carbocycles. The van der Waals surface area contributed by atoms with Crippen LogP contribution in [0.5, 0.6) is 11.5 Å². The van der Waals surface area contributed by atoms with Crippen molar-refractivity contribution in [2.45, 2.75) is 30.4 Å². The van der Waals surface area contributed by atoms with Crippen LogP contribution < -0.4 is 14.8 Å². The first-order chi connectivity index (χ1) is 9.84. The van der Waals surface area contributed by atoms with Gasteiger partial charge in [0.2, 0.25) is 0 Å². The van der Waals surface area contributed by atoms with Gasteiger partial charge in [0.15, 0.2) is 11.5 Å². The summed E-state index contributed by atoms with van der Waals surface area (Å²) in [5.41, 5.74) is 4.39. The molecular formula is C17H17NO2. The molecule has 20 heavy (non-hydrogen) atoms. The van der Waals surface area contributed by atoms with Crippen molar-refractivity contribution in [3.8, 4) is 11.5 Å². The van der Waals surface area contributed by atoms with E-state index in [0.717, 1.165) is 30.9 Å². The van der Waals surface area contributed by atoms with Gasteiger partial charge in [-0.05, 0) is 42.7 Å². The fourth-order valence-corrected chi connectivity index (χ4v) is 4.63. The van der Waals surface area contributed by atoms with Gasteiger partial charge in [0.25, 0.3) is 0 Å². The summed E-state index contributed by atoms with van der Waals surface area (Å²) in [4.78, 5) is 0. The molecule has 3 atom stereocenters. The Bertz CT molecular complexity index is 676. The predicted molar refractivity (Wildman–Crippen MR) is 76.4 cm³/mol. The molecule has 0 aromatic heterocycles. The second-order valence-corrected chi connectivity index (χ2v) is 6.11. The third-order valence-electron chi connectivity index (χ3n) is 5.39. The van der Waals surface area contributed by atoms with Crippen LogP contribution in [-0.4, -0.2) is 25.8 Å². The van der Waals surface area contributed by atoms with Gasteiger partial charge in [-0.15, -0.1) is 0 Å². The van der Waals surface area contributed by atoms with E-state index in [1.54, 1.807) is 7.11 Å². The van der Waals surface area contributed by atoms with Crippen LogP contribution >= 0.6 is 0 Å². The Balaban J connectivity index is 1.87. The largest absolute Gasteiger partial charge is 0.493 e. The highest BCUT2D eigenvalue weighted by atomic mass is 16.5. The zero-order valence-electron chi connectivity index (χ0n) is 11.5. The molecule has 5 rings (SSSR count). The predicted octanol–water partition coefficient (Wildman–Crippen LogP) is 2.11. The summed E-state index contributed by atoms with van der Waals surface area (Å²) in [6.45, 7) is 1.06. The molecule has 1 aromatic carbocycles. The molecule has 2 heterocycles. The highest BCUT2D eigenvalue weighted by molar-refractivity contribution is 5.67. The fourth-order valence-electron chi connectivity index (χ4n) is 4.63. The minimum absolute atomic E-state index is 0.0577. The quantitative estimate of drug-likeness (QED) is 0.845. The molecule has 0 unspecified atom stereocenters. The van der Waals surface area contributed by atoms with Crippen molar-refractivity contribution in [1.29, 1.82) is 0 Å². The van der Waals surface area contributed by atoms with Crippen molar-refractivity contribution >= 4 is 0 Å². The first-order valence-electron chi connectivity index (χ1n) is 7.34. The number of nitrogens with one attached hydrogen (secondary N) is 1. The minimum atomic E-state index is 0.0577. The molecule has 3 heteroatoms. The lowest BCUT2D eigenvalue weighted by molar-refractivity contribution is 0.173. The number of methoxy groups -OCH3 is 1. The van der Waals surface area contributed by atoms with Crippen molar-refractivity contribution in [1.82, 2.24) is 5.32 Å². The number of benzene rings is 1. The van der Waals surface area contributed by atoms with E-state index in [2.05, 4.69) is 35.7 Å². The van der Waals surface area contributed by atoms with E-state index in [1.165, 1.54) is 16.7 Å². The van der Waals surface area contributed by atoms with Crippen molar-refractivity contribution in [3.63, 3.8) is 0 Å². The average molecular weight is 267 g/mol. The number of allylic oxidation sites excluding steroid dienone is 2. The summed E-state index contributed by atoms with van der Waals surface area (Å²) >= 11 is 0. The summed E-state index contributed by atoms with van der Waals surface area (Å²) in [6.07, 6.45) is 8.97. The van der Waals surface area contributed by atoms with Gasteiger partial charge in [0.1, 0.15) is 6.10 Å². The molecule has 0 radical (unpaired) electrons. The van der Waals surface area contributed by atoms with E-state index in [0.29, 0.717) is 6.04 Å². The Morgan fingerprint density at radius 2 is 2.35 bits per heavy atom. The standard InChI is InChI=1S/C17H17NO2/c1-19-13-6-5-10-9-12-11-3-2-4-14-17(11,7-8-18-12)15(10)16(13)20-14/h2-6,12,14,18H,7-9H2,1H3/t12-,14-,17+/m0/s1. The van der Waals surface area contributed by atoms with Crippen LogP contribution in [0.2, 0.25) is 0 Å². The van der Waals surface area contributed by atoms with E-state index in [-0.39, 0.29) is 11.5 Å². The highest BCUT2D eigenvalue weighted by Crippen LogP contribution is 2.60. The number of piperidine rings is 1. The van der Waals surface area contributed by atoms with Gasteiger partial charge in [-0.2, -0.15) is 0 Å². The van der Waals surface area contributed by atoms with Crippen LogP contribution in [0.4, 0.5) is 0 Å². The second kappa shape index (κ2) is 3.47. The van der Waals surface area contributed by atoms with E-state index < -0.39 is 0 Å². The highest BCUT2D eigenvalue weighted by Gasteiger charge is 2.58. The molecule has 1 spiro atoms. The monoisotopic (exact) mass is 267 g/mol. The molecule has 102 valence electrons. The Morgan fingerprint density at radius 1 is 1.40 bits per heavy atom. The molecular weight excluding hydrogens is 250 g/mol. The van der Waals surface area contributed by atoms with Crippen LogP contribution in [0, 0.1) is 0 Å². The molecule has 4 aliphatic rings. The third kappa shape index (κ3) is 1.04. The summed E-state index contributed by atoms with van der Waals surface area (Å²) in [5, 5.41) is 3.67. The maximum absolute atomic E-state index is 6.32. The summed E-state index contributed by atoms with van der Waals surface area (Å²) in [5.74, 6) is 1.85. The first-order valence-corrected chi connectivity index (χ1v) is 7.34.